The zero-order valence-electron chi connectivity index (χ0n) is 19.9. The third kappa shape index (κ3) is 5.33. The molecule has 0 bridgehead atoms. The number of hydrogen-bond donors (Lipinski definition) is 2. The maximum Gasteiger partial charge on any atom is 0.181 e. The average molecular weight is 453 g/mol. The van der Waals surface area contributed by atoms with Gasteiger partial charge in [0.05, 0.1) is 20.1 Å². The molecule has 0 aromatic heterocycles. The first kappa shape index (κ1) is 24.2. The van der Waals surface area contributed by atoms with Gasteiger partial charge in [-0.05, 0) is 46.1 Å². The van der Waals surface area contributed by atoms with Crippen LogP contribution in [0.15, 0.2) is 47.6 Å². The Morgan fingerprint density at radius 3 is 2.48 bits per heavy atom. The fraction of sp³-hybridized carbons (Fsp3) is 0.370. The molecule has 0 aliphatic carbocycles. The summed E-state index contributed by atoms with van der Waals surface area (Å²) in [4.78, 5) is 13.5. The van der Waals surface area contributed by atoms with Crippen LogP contribution in [0.5, 0.6) is 28.7 Å². The SMILES string of the molecule is COc1cc(O)ccc1[C@@H]1COc2cc(OC)c(CC=C(C)CCC=C(C)C)c(O)c2C1=O. The Morgan fingerprint density at radius 1 is 1.09 bits per heavy atom. The minimum atomic E-state index is -0.665. The molecule has 6 nitrogen and oxygen atoms in total. The summed E-state index contributed by atoms with van der Waals surface area (Å²) in [7, 11) is 3.01. The number of carbonyl (C=O) groups excluding carboxylic acids is 1. The van der Waals surface area contributed by atoms with Gasteiger partial charge in [-0.1, -0.05) is 29.4 Å². The zero-order valence-corrected chi connectivity index (χ0v) is 19.9. The molecule has 33 heavy (non-hydrogen) atoms. The van der Waals surface area contributed by atoms with Gasteiger partial charge in [0.2, 0.25) is 0 Å². The molecule has 0 unspecified atom stereocenters. The second-order valence-electron chi connectivity index (χ2n) is 8.51. The normalized spacial score (nSPS) is 15.5. The number of fused-ring (bicyclic) bond motifs is 1. The summed E-state index contributed by atoms with van der Waals surface area (Å²) in [5.41, 5.74) is 3.77. The summed E-state index contributed by atoms with van der Waals surface area (Å²) in [6.45, 7) is 6.31. The van der Waals surface area contributed by atoms with Crippen LogP contribution in [0, 0.1) is 0 Å². The molecular formula is C27H32O6. The lowest BCUT2D eigenvalue weighted by Gasteiger charge is -2.27. The first-order valence-corrected chi connectivity index (χ1v) is 11.0. The minimum absolute atomic E-state index is 0.0433. The number of Topliss-reactive ketones (excluding diaryl/α,β-unsaturated/α-hetero) is 1. The van der Waals surface area contributed by atoms with Crippen LogP contribution in [0.4, 0.5) is 0 Å². The maximum absolute atomic E-state index is 13.5. The smallest absolute Gasteiger partial charge is 0.181 e. The molecule has 0 radical (unpaired) electrons. The van der Waals surface area contributed by atoms with Crippen LogP contribution in [-0.4, -0.2) is 36.8 Å². The highest BCUT2D eigenvalue weighted by atomic mass is 16.5. The molecule has 2 aromatic rings. The highest BCUT2D eigenvalue weighted by Gasteiger charge is 2.36. The van der Waals surface area contributed by atoms with Crippen LogP contribution in [0.2, 0.25) is 0 Å². The molecule has 0 amide bonds. The Labute approximate surface area is 195 Å². The maximum atomic E-state index is 13.5. The van der Waals surface area contributed by atoms with E-state index in [4.69, 9.17) is 14.2 Å². The number of allylic oxidation sites excluding steroid dienone is 4. The molecule has 0 saturated heterocycles. The molecule has 1 aliphatic rings. The number of carbonyl (C=O) groups is 1. The van der Waals surface area contributed by atoms with Gasteiger partial charge in [0, 0.05) is 23.3 Å². The molecule has 6 heteroatoms. The fourth-order valence-corrected chi connectivity index (χ4v) is 4.00. The number of phenols is 2. The predicted molar refractivity (Wildman–Crippen MR) is 128 cm³/mol. The van der Waals surface area contributed by atoms with Crippen molar-refractivity contribution < 1.29 is 29.2 Å². The summed E-state index contributed by atoms with van der Waals surface area (Å²) < 4.78 is 16.7. The van der Waals surface area contributed by atoms with Gasteiger partial charge in [0.1, 0.15) is 40.9 Å². The van der Waals surface area contributed by atoms with E-state index in [0.29, 0.717) is 34.8 Å². The van der Waals surface area contributed by atoms with Crippen LogP contribution in [0.1, 0.15) is 61.0 Å². The molecule has 1 heterocycles. The molecule has 2 aromatic carbocycles. The van der Waals surface area contributed by atoms with E-state index in [1.807, 2.05) is 0 Å². The molecule has 1 atom stereocenters. The number of ketones is 1. The van der Waals surface area contributed by atoms with Gasteiger partial charge >= 0.3 is 0 Å². The van der Waals surface area contributed by atoms with Crippen LogP contribution in [0.25, 0.3) is 0 Å². The van der Waals surface area contributed by atoms with E-state index >= 15 is 0 Å². The third-order valence-electron chi connectivity index (χ3n) is 5.86. The van der Waals surface area contributed by atoms with Crippen molar-refractivity contribution in [1.29, 1.82) is 0 Å². The van der Waals surface area contributed by atoms with Crippen LogP contribution >= 0.6 is 0 Å². The zero-order chi connectivity index (χ0) is 24.1. The third-order valence-corrected chi connectivity index (χ3v) is 5.86. The fourth-order valence-electron chi connectivity index (χ4n) is 4.00. The van der Waals surface area contributed by atoms with Crippen molar-refractivity contribution in [3.05, 3.63) is 64.3 Å². The van der Waals surface area contributed by atoms with Crippen molar-refractivity contribution in [3.8, 4) is 28.7 Å². The Balaban J connectivity index is 1.95. The van der Waals surface area contributed by atoms with E-state index in [-0.39, 0.29) is 29.5 Å². The van der Waals surface area contributed by atoms with E-state index in [0.717, 1.165) is 12.8 Å². The van der Waals surface area contributed by atoms with E-state index < -0.39 is 5.92 Å². The van der Waals surface area contributed by atoms with E-state index in [1.54, 1.807) is 12.1 Å². The first-order valence-electron chi connectivity index (χ1n) is 11.0. The molecule has 3 rings (SSSR count). The summed E-state index contributed by atoms with van der Waals surface area (Å²) in [5.74, 6) is 0.173. The monoisotopic (exact) mass is 452 g/mol. The first-order chi connectivity index (χ1) is 15.8. The van der Waals surface area contributed by atoms with Gasteiger partial charge in [-0.2, -0.15) is 0 Å². The van der Waals surface area contributed by atoms with E-state index in [9.17, 15) is 15.0 Å². The molecule has 176 valence electrons. The van der Waals surface area contributed by atoms with Gasteiger partial charge in [-0.25, -0.2) is 0 Å². The highest BCUT2D eigenvalue weighted by Crippen LogP contribution is 2.45. The number of benzene rings is 2. The van der Waals surface area contributed by atoms with Gasteiger partial charge in [0.15, 0.2) is 5.78 Å². The summed E-state index contributed by atoms with van der Waals surface area (Å²) in [5, 5.41) is 20.9. The number of aromatic hydroxyl groups is 2. The number of ether oxygens (including phenoxy) is 3. The molecule has 0 spiro atoms. The van der Waals surface area contributed by atoms with Crippen LogP contribution < -0.4 is 14.2 Å². The minimum Gasteiger partial charge on any atom is -0.508 e. The van der Waals surface area contributed by atoms with Crippen molar-refractivity contribution in [2.75, 3.05) is 20.8 Å². The largest absolute Gasteiger partial charge is 0.508 e. The molecule has 2 N–H and O–H groups in total. The van der Waals surface area contributed by atoms with Gasteiger partial charge in [-0.3, -0.25) is 4.79 Å². The molecule has 0 saturated carbocycles. The van der Waals surface area contributed by atoms with Crippen molar-refractivity contribution >= 4 is 5.78 Å². The van der Waals surface area contributed by atoms with E-state index in [1.165, 1.54) is 37.5 Å². The Kier molecular flexibility index (Phi) is 7.69. The second-order valence-corrected chi connectivity index (χ2v) is 8.51. The van der Waals surface area contributed by atoms with Gasteiger partial charge < -0.3 is 24.4 Å². The molecule has 1 aliphatic heterocycles. The topological polar surface area (TPSA) is 85.2 Å². The lowest BCUT2D eigenvalue weighted by atomic mass is 9.86. The van der Waals surface area contributed by atoms with Crippen molar-refractivity contribution in [1.82, 2.24) is 0 Å². The lowest BCUT2D eigenvalue weighted by Crippen LogP contribution is -2.27. The number of rotatable bonds is 8. The quantitative estimate of drug-likeness (QED) is 0.499. The number of hydrogen-bond acceptors (Lipinski definition) is 6. The van der Waals surface area contributed by atoms with E-state index in [2.05, 4.69) is 32.9 Å². The van der Waals surface area contributed by atoms with Gasteiger partial charge in [0.25, 0.3) is 0 Å². The summed E-state index contributed by atoms with van der Waals surface area (Å²) in [6, 6.07) is 6.27. The summed E-state index contributed by atoms with van der Waals surface area (Å²) >= 11 is 0. The number of methoxy groups -OCH3 is 2. The van der Waals surface area contributed by atoms with Crippen LogP contribution in [0.3, 0.4) is 0 Å². The Bertz CT molecular complexity index is 1090. The summed E-state index contributed by atoms with van der Waals surface area (Å²) in [6.07, 6.45) is 6.56. The Morgan fingerprint density at radius 2 is 1.82 bits per heavy atom. The Hall–Kier alpha value is -3.41. The predicted octanol–water partition coefficient (Wildman–Crippen LogP) is 5.71. The standard InChI is InChI=1S/C27H32O6/c1-16(2)7-6-8-17(3)9-11-20-23(32-5)14-24-25(26(20)29)27(30)21(15-33-24)19-12-10-18(28)13-22(19)31-4/h7,9-10,12-14,21,28-29H,6,8,11,15H2,1-5H3/t21-/m0/s1. The highest BCUT2D eigenvalue weighted by molar-refractivity contribution is 6.07. The molecular weight excluding hydrogens is 420 g/mol. The lowest BCUT2D eigenvalue weighted by molar-refractivity contribution is 0.0889. The molecule has 0 fully saturated rings. The van der Waals surface area contributed by atoms with Crippen molar-refractivity contribution in [3.63, 3.8) is 0 Å². The van der Waals surface area contributed by atoms with Crippen LogP contribution in [-0.2, 0) is 6.42 Å². The average Bonchev–Trinajstić information content (AvgIpc) is 2.78. The second kappa shape index (κ2) is 10.5. The van der Waals surface area contributed by atoms with Crippen molar-refractivity contribution in [2.24, 2.45) is 0 Å². The number of phenolic OH excluding ortho intramolecular Hbond substituents is 2. The van der Waals surface area contributed by atoms with Gasteiger partial charge in [-0.15, -0.1) is 0 Å². The van der Waals surface area contributed by atoms with Crippen molar-refractivity contribution in [2.45, 2.75) is 46.0 Å².